The second-order valence-electron chi connectivity index (χ2n) is 4.03. The van der Waals surface area contributed by atoms with Crippen molar-refractivity contribution in [3.05, 3.63) is 34.9 Å². The van der Waals surface area contributed by atoms with Gasteiger partial charge >= 0.3 is 0 Å². The number of benzene rings is 1. The van der Waals surface area contributed by atoms with Crippen molar-refractivity contribution in [3.8, 4) is 0 Å². The minimum atomic E-state index is -0.367. The van der Waals surface area contributed by atoms with Crippen molar-refractivity contribution in [2.75, 3.05) is 0 Å². The van der Waals surface area contributed by atoms with E-state index in [0.29, 0.717) is 16.9 Å². The molecule has 1 aliphatic rings. The second-order valence-corrected chi connectivity index (χ2v) is 4.44. The summed E-state index contributed by atoms with van der Waals surface area (Å²) in [6.07, 6.45) is 1.93. The van der Waals surface area contributed by atoms with Crippen LogP contribution in [0, 0.1) is 11.8 Å². The summed E-state index contributed by atoms with van der Waals surface area (Å²) >= 11 is 6.02. The number of halogens is 1. The van der Waals surface area contributed by atoms with E-state index in [9.17, 15) is 5.11 Å². The average Bonchev–Trinajstić information content (AvgIpc) is 2.96. The highest BCUT2D eigenvalue weighted by Gasteiger charge is 2.41. The van der Waals surface area contributed by atoms with Crippen molar-refractivity contribution in [2.24, 2.45) is 11.8 Å². The third-order valence-corrected chi connectivity index (χ3v) is 3.48. The number of aliphatic hydroxyl groups excluding tert-OH is 1. The molecular weight excluding hydrogens is 196 g/mol. The monoisotopic (exact) mass is 210 g/mol. The molecule has 14 heavy (non-hydrogen) atoms. The normalized spacial score (nSPS) is 27.4. The number of aliphatic hydroxyl groups is 1. The SMILES string of the molecule is CC[C@@H]1C[C@H]1C(O)c1ccccc1Cl. The van der Waals surface area contributed by atoms with Gasteiger partial charge in [-0.1, -0.05) is 43.1 Å². The predicted octanol–water partition coefficient (Wildman–Crippen LogP) is 3.42. The summed E-state index contributed by atoms with van der Waals surface area (Å²) in [6, 6.07) is 7.57. The maximum Gasteiger partial charge on any atom is 0.0835 e. The van der Waals surface area contributed by atoms with Gasteiger partial charge in [-0.25, -0.2) is 0 Å². The number of rotatable bonds is 3. The van der Waals surface area contributed by atoms with E-state index < -0.39 is 0 Å². The van der Waals surface area contributed by atoms with Gasteiger partial charge in [-0.15, -0.1) is 0 Å². The van der Waals surface area contributed by atoms with Crippen molar-refractivity contribution in [1.29, 1.82) is 0 Å². The number of hydrogen-bond donors (Lipinski definition) is 1. The summed E-state index contributed by atoms with van der Waals surface area (Å²) in [5.41, 5.74) is 0.884. The molecule has 0 amide bonds. The van der Waals surface area contributed by atoms with Crippen LogP contribution in [0.25, 0.3) is 0 Å². The lowest BCUT2D eigenvalue weighted by Crippen LogP contribution is -2.02. The van der Waals surface area contributed by atoms with Crippen LogP contribution in [0.2, 0.25) is 5.02 Å². The smallest absolute Gasteiger partial charge is 0.0835 e. The van der Waals surface area contributed by atoms with E-state index in [2.05, 4.69) is 6.92 Å². The molecule has 0 radical (unpaired) electrons. The van der Waals surface area contributed by atoms with Crippen LogP contribution in [0.1, 0.15) is 31.4 Å². The molecule has 0 aromatic heterocycles. The number of hydrogen-bond acceptors (Lipinski definition) is 1. The zero-order valence-corrected chi connectivity index (χ0v) is 9.04. The summed E-state index contributed by atoms with van der Waals surface area (Å²) in [5.74, 6) is 1.13. The molecule has 3 atom stereocenters. The zero-order chi connectivity index (χ0) is 10.1. The van der Waals surface area contributed by atoms with Gasteiger partial charge in [0, 0.05) is 5.02 Å². The van der Waals surface area contributed by atoms with Crippen molar-refractivity contribution < 1.29 is 5.11 Å². The first kappa shape index (κ1) is 10.0. The van der Waals surface area contributed by atoms with E-state index in [0.717, 1.165) is 18.4 Å². The zero-order valence-electron chi connectivity index (χ0n) is 8.28. The Labute approximate surface area is 89.7 Å². The molecular formula is C12H15ClO. The van der Waals surface area contributed by atoms with E-state index >= 15 is 0 Å². The average molecular weight is 211 g/mol. The Hall–Kier alpha value is -0.530. The van der Waals surface area contributed by atoms with Gasteiger partial charge in [-0.05, 0) is 29.9 Å². The van der Waals surface area contributed by atoms with Crippen LogP contribution < -0.4 is 0 Å². The van der Waals surface area contributed by atoms with Gasteiger partial charge in [0.15, 0.2) is 0 Å². The largest absolute Gasteiger partial charge is 0.388 e. The molecule has 1 aromatic rings. The fourth-order valence-electron chi connectivity index (χ4n) is 2.07. The van der Waals surface area contributed by atoms with Crippen LogP contribution in [0.4, 0.5) is 0 Å². The van der Waals surface area contributed by atoms with Gasteiger partial charge in [0.2, 0.25) is 0 Å². The molecule has 1 N–H and O–H groups in total. The molecule has 2 heteroatoms. The highest BCUT2D eigenvalue weighted by molar-refractivity contribution is 6.31. The van der Waals surface area contributed by atoms with Gasteiger partial charge in [-0.3, -0.25) is 0 Å². The van der Waals surface area contributed by atoms with Crippen molar-refractivity contribution >= 4 is 11.6 Å². The van der Waals surface area contributed by atoms with E-state index in [1.165, 1.54) is 0 Å². The Morgan fingerprint density at radius 3 is 2.79 bits per heavy atom. The van der Waals surface area contributed by atoms with Gasteiger partial charge in [-0.2, -0.15) is 0 Å². The highest BCUT2D eigenvalue weighted by Crippen LogP contribution is 2.50. The minimum Gasteiger partial charge on any atom is -0.388 e. The van der Waals surface area contributed by atoms with Crippen LogP contribution in [-0.2, 0) is 0 Å². The first-order chi connectivity index (χ1) is 6.74. The predicted molar refractivity (Wildman–Crippen MR) is 58.3 cm³/mol. The third-order valence-electron chi connectivity index (χ3n) is 3.13. The molecule has 1 aliphatic carbocycles. The van der Waals surface area contributed by atoms with Crippen LogP contribution >= 0.6 is 11.6 Å². The highest BCUT2D eigenvalue weighted by atomic mass is 35.5. The second kappa shape index (κ2) is 3.92. The summed E-state index contributed by atoms with van der Waals surface area (Å²) in [4.78, 5) is 0. The van der Waals surface area contributed by atoms with Crippen LogP contribution in [0.5, 0.6) is 0 Å². The molecule has 0 spiro atoms. The maximum atomic E-state index is 10.1. The maximum absolute atomic E-state index is 10.1. The quantitative estimate of drug-likeness (QED) is 0.811. The van der Waals surface area contributed by atoms with Crippen molar-refractivity contribution in [3.63, 3.8) is 0 Å². The van der Waals surface area contributed by atoms with E-state index in [4.69, 9.17) is 11.6 Å². The Kier molecular flexibility index (Phi) is 2.80. The first-order valence-electron chi connectivity index (χ1n) is 5.16. The minimum absolute atomic E-state index is 0.367. The Morgan fingerprint density at radius 1 is 1.50 bits per heavy atom. The Balaban J connectivity index is 2.12. The lowest BCUT2D eigenvalue weighted by Gasteiger charge is -2.11. The van der Waals surface area contributed by atoms with Gasteiger partial charge in [0.1, 0.15) is 0 Å². The molecule has 1 unspecified atom stereocenters. The van der Waals surface area contributed by atoms with Gasteiger partial charge in [0.25, 0.3) is 0 Å². The van der Waals surface area contributed by atoms with Crippen LogP contribution in [0.15, 0.2) is 24.3 Å². The fourth-order valence-corrected chi connectivity index (χ4v) is 2.32. The standard InChI is InChI=1S/C12H15ClO/c1-2-8-7-10(8)12(14)9-5-3-4-6-11(9)13/h3-6,8,10,12,14H,2,7H2,1H3/t8-,10-,12?/m1/s1. The van der Waals surface area contributed by atoms with Crippen LogP contribution in [0.3, 0.4) is 0 Å². The Morgan fingerprint density at radius 2 is 2.21 bits per heavy atom. The molecule has 0 aliphatic heterocycles. The topological polar surface area (TPSA) is 20.2 Å². The van der Waals surface area contributed by atoms with Crippen LogP contribution in [-0.4, -0.2) is 5.11 Å². The summed E-state index contributed by atoms with van der Waals surface area (Å²) < 4.78 is 0. The molecule has 76 valence electrons. The Bertz CT molecular complexity index is 324. The fraction of sp³-hybridized carbons (Fsp3) is 0.500. The summed E-state index contributed by atoms with van der Waals surface area (Å²) in [5, 5.41) is 10.7. The van der Waals surface area contributed by atoms with Crippen molar-refractivity contribution in [2.45, 2.75) is 25.9 Å². The summed E-state index contributed by atoms with van der Waals surface area (Å²) in [6.45, 7) is 2.17. The third kappa shape index (κ3) is 1.79. The molecule has 1 aromatic carbocycles. The molecule has 0 bridgehead atoms. The molecule has 1 nitrogen and oxygen atoms in total. The van der Waals surface area contributed by atoms with Crippen molar-refractivity contribution in [1.82, 2.24) is 0 Å². The van der Waals surface area contributed by atoms with E-state index in [1.54, 1.807) is 0 Å². The van der Waals surface area contributed by atoms with E-state index in [-0.39, 0.29) is 6.10 Å². The van der Waals surface area contributed by atoms with Gasteiger partial charge in [0.05, 0.1) is 6.10 Å². The lowest BCUT2D eigenvalue weighted by molar-refractivity contribution is 0.146. The molecule has 1 saturated carbocycles. The van der Waals surface area contributed by atoms with E-state index in [1.807, 2.05) is 24.3 Å². The molecule has 1 fully saturated rings. The first-order valence-corrected chi connectivity index (χ1v) is 5.54. The lowest BCUT2D eigenvalue weighted by atomic mass is 10.0. The molecule has 2 rings (SSSR count). The molecule has 0 heterocycles. The molecule has 0 saturated heterocycles. The van der Waals surface area contributed by atoms with Gasteiger partial charge < -0.3 is 5.11 Å². The summed E-state index contributed by atoms with van der Waals surface area (Å²) in [7, 11) is 0.